The Morgan fingerprint density at radius 3 is 2.62 bits per heavy atom. The second-order valence-electron chi connectivity index (χ2n) is 6.78. The molecule has 1 nitrogen and oxygen atoms in total. The van der Waals surface area contributed by atoms with Gasteiger partial charge in [-0.3, -0.25) is 4.79 Å². The summed E-state index contributed by atoms with van der Waals surface area (Å²) in [5.41, 5.74) is 1.69. The van der Waals surface area contributed by atoms with Gasteiger partial charge >= 0.3 is 0 Å². The smallest absolute Gasteiger partial charge is 0.159 e. The molecule has 0 radical (unpaired) electrons. The van der Waals surface area contributed by atoms with Crippen LogP contribution in [0.3, 0.4) is 0 Å². The molecule has 4 aliphatic rings. The summed E-state index contributed by atoms with van der Waals surface area (Å²) in [6, 6.07) is 0. The van der Waals surface area contributed by atoms with Crippen molar-refractivity contribution < 1.29 is 4.79 Å². The van der Waals surface area contributed by atoms with Gasteiger partial charge in [-0.25, -0.2) is 0 Å². The predicted octanol–water partition coefficient (Wildman–Crippen LogP) is 3.45. The molecule has 88 valence electrons. The molecule has 0 amide bonds. The average molecular weight is 218 g/mol. The molecule has 4 rings (SSSR count). The SMILES string of the molecule is CC1=CC(=O)[C@H]2[C@H]3[C@@H]1[C@]2(C)CC[C@H]3C(C)C. The van der Waals surface area contributed by atoms with Gasteiger partial charge in [0, 0.05) is 5.92 Å². The van der Waals surface area contributed by atoms with Gasteiger partial charge in [0.2, 0.25) is 0 Å². The lowest BCUT2D eigenvalue weighted by molar-refractivity contribution is -0.186. The standard InChI is InChI=1S/C15H22O/c1-8(2)10-5-6-15(4)13-9(3)7-11(16)14(15)12(10)13/h7-8,10,12-14H,5-6H2,1-4H3/t10-,12+,13+,14-,15-/m0/s1. The van der Waals surface area contributed by atoms with Crippen LogP contribution in [0.4, 0.5) is 0 Å². The van der Waals surface area contributed by atoms with Crippen molar-refractivity contribution >= 4 is 5.78 Å². The van der Waals surface area contributed by atoms with Gasteiger partial charge in [0.15, 0.2) is 5.78 Å². The van der Waals surface area contributed by atoms with E-state index in [9.17, 15) is 4.79 Å². The van der Waals surface area contributed by atoms with Crippen molar-refractivity contribution in [1.29, 1.82) is 0 Å². The van der Waals surface area contributed by atoms with E-state index in [0.717, 1.165) is 17.8 Å². The van der Waals surface area contributed by atoms with Crippen LogP contribution < -0.4 is 0 Å². The van der Waals surface area contributed by atoms with E-state index in [1.54, 1.807) is 0 Å². The van der Waals surface area contributed by atoms with Crippen molar-refractivity contribution in [1.82, 2.24) is 0 Å². The Hall–Kier alpha value is -0.590. The van der Waals surface area contributed by atoms with Crippen LogP contribution in [0.5, 0.6) is 0 Å². The molecule has 4 bridgehead atoms. The van der Waals surface area contributed by atoms with E-state index >= 15 is 0 Å². The van der Waals surface area contributed by atoms with Crippen LogP contribution in [-0.2, 0) is 4.79 Å². The summed E-state index contributed by atoms with van der Waals surface area (Å²) in [7, 11) is 0. The van der Waals surface area contributed by atoms with Crippen LogP contribution in [0.1, 0.15) is 40.5 Å². The third-order valence-electron chi connectivity index (χ3n) is 5.72. The molecule has 0 unspecified atom stereocenters. The van der Waals surface area contributed by atoms with Crippen molar-refractivity contribution in [3.05, 3.63) is 11.6 Å². The highest BCUT2D eigenvalue weighted by Crippen LogP contribution is 2.70. The fraction of sp³-hybridized carbons (Fsp3) is 0.800. The van der Waals surface area contributed by atoms with Crippen LogP contribution in [-0.4, -0.2) is 5.78 Å². The van der Waals surface area contributed by atoms with Gasteiger partial charge in [-0.05, 0) is 54.9 Å². The van der Waals surface area contributed by atoms with Crippen molar-refractivity contribution in [2.24, 2.45) is 35.0 Å². The summed E-state index contributed by atoms with van der Waals surface area (Å²) >= 11 is 0. The molecule has 1 heteroatoms. The Morgan fingerprint density at radius 2 is 2.06 bits per heavy atom. The largest absolute Gasteiger partial charge is 0.295 e. The maximum atomic E-state index is 12.2. The summed E-state index contributed by atoms with van der Waals surface area (Å²) in [6.45, 7) is 9.17. The summed E-state index contributed by atoms with van der Waals surface area (Å²) < 4.78 is 0. The summed E-state index contributed by atoms with van der Waals surface area (Å²) in [4.78, 5) is 12.2. The van der Waals surface area contributed by atoms with Gasteiger partial charge in [0.25, 0.3) is 0 Å². The van der Waals surface area contributed by atoms with E-state index in [-0.39, 0.29) is 0 Å². The fourth-order valence-electron chi connectivity index (χ4n) is 5.14. The molecule has 0 aromatic heterocycles. The van der Waals surface area contributed by atoms with Crippen molar-refractivity contribution in [3.63, 3.8) is 0 Å². The van der Waals surface area contributed by atoms with Crippen LogP contribution in [0.2, 0.25) is 0 Å². The third-order valence-corrected chi connectivity index (χ3v) is 5.72. The number of carbonyl (C=O) groups excluding carboxylic acids is 1. The highest BCUT2D eigenvalue weighted by molar-refractivity contribution is 5.96. The van der Waals surface area contributed by atoms with Gasteiger partial charge in [0.05, 0.1) is 0 Å². The highest BCUT2D eigenvalue weighted by Gasteiger charge is 2.68. The van der Waals surface area contributed by atoms with E-state index in [0.29, 0.717) is 23.0 Å². The number of carbonyl (C=O) groups is 1. The van der Waals surface area contributed by atoms with Gasteiger partial charge < -0.3 is 0 Å². The minimum absolute atomic E-state index is 0.325. The van der Waals surface area contributed by atoms with E-state index in [1.165, 1.54) is 18.4 Å². The lowest BCUT2D eigenvalue weighted by Gasteiger charge is -2.69. The lowest BCUT2D eigenvalue weighted by atomic mass is 9.34. The predicted molar refractivity (Wildman–Crippen MR) is 64.9 cm³/mol. The molecule has 0 aromatic rings. The number of ketones is 1. The molecule has 5 atom stereocenters. The highest BCUT2D eigenvalue weighted by atomic mass is 16.1. The van der Waals surface area contributed by atoms with Gasteiger partial charge in [-0.1, -0.05) is 26.3 Å². The number of allylic oxidation sites excluding steroid dienone is 2. The summed E-state index contributed by atoms with van der Waals surface area (Å²) in [6.07, 6.45) is 4.53. The zero-order chi connectivity index (χ0) is 11.7. The first-order valence-corrected chi connectivity index (χ1v) is 6.69. The van der Waals surface area contributed by atoms with Crippen molar-refractivity contribution in [2.45, 2.75) is 40.5 Å². The zero-order valence-electron chi connectivity index (χ0n) is 10.8. The van der Waals surface area contributed by atoms with Gasteiger partial charge in [-0.15, -0.1) is 0 Å². The molecule has 4 aliphatic carbocycles. The Kier molecular flexibility index (Phi) is 1.98. The van der Waals surface area contributed by atoms with E-state index in [1.807, 2.05) is 6.08 Å². The van der Waals surface area contributed by atoms with Crippen molar-refractivity contribution in [3.8, 4) is 0 Å². The molecule has 2 saturated carbocycles. The Morgan fingerprint density at radius 1 is 1.38 bits per heavy atom. The van der Waals surface area contributed by atoms with E-state index in [2.05, 4.69) is 27.7 Å². The normalized spacial score (nSPS) is 50.1. The van der Waals surface area contributed by atoms with Gasteiger partial charge in [-0.2, -0.15) is 0 Å². The number of fused-ring (bicyclic) bond motifs is 1. The molecule has 16 heavy (non-hydrogen) atoms. The summed E-state index contributed by atoms with van der Waals surface area (Å²) in [5.74, 6) is 3.70. The third kappa shape index (κ3) is 1.00. The molecule has 2 fully saturated rings. The Balaban J connectivity index is 2.02. The van der Waals surface area contributed by atoms with Crippen LogP contribution in [0, 0.1) is 35.0 Å². The maximum Gasteiger partial charge on any atom is 0.159 e. The molecule has 0 saturated heterocycles. The maximum absolute atomic E-state index is 12.2. The molecule has 0 heterocycles. The second-order valence-corrected chi connectivity index (χ2v) is 6.78. The number of hydrogen-bond donors (Lipinski definition) is 0. The first kappa shape index (κ1) is 10.6. The first-order chi connectivity index (χ1) is 7.47. The second kappa shape index (κ2) is 3.00. The minimum Gasteiger partial charge on any atom is -0.295 e. The minimum atomic E-state index is 0.325. The van der Waals surface area contributed by atoms with Crippen molar-refractivity contribution in [2.75, 3.05) is 0 Å². The van der Waals surface area contributed by atoms with Gasteiger partial charge in [0.1, 0.15) is 0 Å². The number of hydrogen-bond acceptors (Lipinski definition) is 1. The van der Waals surface area contributed by atoms with Crippen LogP contribution in [0.25, 0.3) is 0 Å². The molecule has 0 spiro atoms. The Labute approximate surface area is 98.3 Å². The molecular weight excluding hydrogens is 196 g/mol. The zero-order valence-corrected chi connectivity index (χ0v) is 10.8. The topological polar surface area (TPSA) is 17.1 Å². The monoisotopic (exact) mass is 218 g/mol. The lowest BCUT2D eigenvalue weighted by Crippen LogP contribution is -2.66. The van der Waals surface area contributed by atoms with Crippen LogP contribution in [0.15, 0.2) is 11.6 Å². The average Bonchev–Trinajstić information content (AvgIpc) is 2.15. The van der Waals surface area contributed by atoms with E-state index in [4.69, 9.17) is 0 Å². The molecular formula is C15H22O. The molecule has 0 aliphatic heterocycles. The first-order valence-electron chi connectivity index (χ1n) is 6.69. The quantitative estimate of drug-likeness (QED) is 0.659. The summed E-state index contributed by atoms with van der Waals surface area (Å²) in [5, 5.41) is 0. The number of rotatable bonds is 1. The Bertz CT molecular complexity index is 379. The molecule has 0 N–H and O–H groups in total. The van der Waals surface area contributed by atoms with E-state index < -0.39 is 0 Å². The van der Waals surface area contributed by atoms with Crippen LogP contribution >= 0.6 is 0 Å². The molecule has 0 aromatic carbocycles. The fourth-order valence-corrected chi connectivity index (χ4v) is 5.14.